The second kappa shape index (κ2) is 11.0. The standard InChI is InChI=1S/C24H28N4O3/c1-28(2)17-21(15-18-7-4-3-5-8-18)27-24(30)25-16-19-10-12-20(13-11-19)26-23(29)22-9-6-14-31-22/h3-14,21H,15-17H2,1-2H3,(H,26,29)(H2,25,27,30). The first kappa shape index (κ1) is 22.1. The highest BCUT2D eigenvalue weighted by atomic mass is 16.3. The number of nitrogens with zero attached hydrogens (tertiary/aromatic N) is 1. The Labute approximate surface area is 182 Å². The Hall–Kier alpha value is -3.58. The largest absolute Gasteiger partial charge is 0.459 e. The predicted octanol–water partition coefficient (Wildman–Crippen LogP) is 3.50. The number of amides is 3. The molecule has 1 heterocycles. The number of hydrogen-bond donors (Lipinski definition) is 3. The topological polar surface area (TPSA) is 86.6 Å². The minimum atomic E-state index is -0.305. The number of carbonyl (C=O) groups excluding carboxylic acids is 2. The first-order chi connectivity index (χ1) is 15.0. The Balaban J connectivity index is 1.48. The Morgan fingerprint density at radius 1 is 0.935 bits per heavy atom. The molecule has 0 aliphatic heterocycles. The van der Waals surface area contributed by atoms with Gasteiger partial charge in [-0.05, 0) is 55.9 Å². The van der Waals surface area contributed by atoms with Crippen molar-refractivity contribution in [2.75, 3.05) is 26.0 Å². The maximum absolute atomic E-state index is 12.4. The van der Waals surface area contributed by atoms with Crippen LogP contribution in [0.15, 0.2) is 77.4 Å². The first-order valence-corrected chi connectivity index (χ1v) is 10.2. The van der Waals surface area contributed by atoms with E-state index in [0.29, 0.717) is 12.2 Å². The second-order valence-electron chi connectivity index (χ2n) is 7.60. The van der Waals surface area contributed by atoms with Crippen LogP contribution >= 0.6 is 0 Å². The summed E-state index contributed by atoms with van der Waals surface area (Å²) in [5.41, 5.74) is 2.77. The van der Waals surface area contributed by atoms with E-state index in [1.165, 1.54) is 11.8 Å². The molecule has 7 nitrogen and oxygen atoms in total. The van der Waals surface area contributed by atoms with Crippen molar-refractivity contribution in [2.45, 2.75) is 19.0 Å². The van der Waals surface area contributed by atoms with E-state index in [1.54, 1.807) is 24.3 Å². The summed E-state index contributed by atoms with van der Waals surface area (Å²) in [5.74, 6) is -0.0502. The number of benzene rings is 2. The number of furan rings is 1. The van der Waals surface area contributed by atoms with Gasteiger partial charge in [0.05, 0.1) is 6.26 Å². The highest BCUT2D eigenvalue weighted by molar-refractivity contribution is 6.02. The van der Waals surface area contributed by atoms with Crippen LogP contribution in [0, 0.1) is 0 Å². The number of rotatable bonds is 9. The lowest BCUT2D eigenvalue weighted by Gasteiger charge is -2.23. The van der Waals surface area contributed by atoms with Gasteiger partial charge >= 0.3 is 6.03 Å². The van der Waals surface area contributed by atoms with E-state index < -0.39 is 0 Å². The van der Waals surface area contributed by atoms with Crippen LogP contribution in [0.2, 0.25) is 0 Å². The number of nitrogens with one attached hydrogen (secondary N) is 3. The predicted molar refractivity (Wildman–Crippen MR) is 121 cm³/mol. The number of urea groups is 1. The Morgan fingerprint density at radius 3 is 2.32 bits per heavy atom. The van der Waals surface area contributed by atoms with Crippen LogP contribution in [-0.2, 0) is 13.0 Å². The number of hydrogen-bond acceptors (Lipinski definition) is 4. The van der Waals surface area contributed by atoms with Gasteiger partial charge < -0.3 is 25.3 Å². The lowest BCUT2D eigenvalue weighted by atomic mass is 10.1. The molecular formula is C24H28N4O3. The summed E-state index contributed by atoms with van der Waals surface area (Å²) in [6, 6.07) is 20.5. The van der Waals surface area contributed by atoms with Crippen molar-refractivity contribution < 1.29 is 14.0 Å². The number of anilines is 1. The maximum Gasteiger partial charge on any atom is 0.315 e. The Kier molecular flexibility index (Phi) is 7.84. The molecule has 0 fully saturated rings. The van der Waals surface area contributed by atoms with Crippen LogP contribution in [0.4, 0.5) is 10.5 Å². The van der Waals surface area contributed by atoms with Gasteiger partial charge in [0.15, 0.2) is 5.76 Å². The van der Waals surface area contributed by atoms with E-state index in [9.17, 15) is 9.59 Å². The van der Waals surface area contributed by atoms with Gasteiger partial charge in [0.2, 0.25) is 0 Å². The van der Waals surface area contributed by atoms with Crippen molar-refractivity contribution in [2.24, 2.45) is 0 Å². The monoisotopic (exact) mass is 420 g/mol. The number of carbonyl (C=O) groups is 2. The van der Waals surface area contributed by atoms with E-state index in [-0.39, 0.29) is 23.7 Å². The molecule has 2 aromatic carbocycles. The van der Waals surface area contributed by atoms with Gasteiger partial charge in [-0.25, -0.2) is 4.79 Å². The summed E-state index contributed by atoms with van der Waals surface area (Å²) >= 11 is 0. The van der Waals surface area contributed by atoms with Crippen LogP contribution in [0.3, 0.4) is 0 Å². The Morgan fingerprint density at radius 2 is 1.68 bits per heavy atom. The molecule has 1 aromatic heterocycles. The summed E-state index contributed by atoms with van der Waals surface area (Å²) in [6.07, 6.45) is 2.22. The molecule has 0 spiro atoms. The fraction of sp³-hybridized carbons (Fsp3) is 0.250. The smallest absolute Gasteiger partial charge is 0.315 e. The molecule has 0 aliphatic carbocycles. The molecular weight excluding hydrogens is 392 g/mol. The van der Waals surface area contributed by atoms with Gasteiger partial charge in [-0.1, -0.05) is 42.5 Å². The molecule has 3 aromatic rings. The fourth-order valence-corrected chi connectivity index (χ4v) is 3.23. The molecule has 3 amide bonds. The van der Waals surface area contributed by atoms with Gasteiger partial charge in [-0.15, -0.1) is 0 Å². The molecule has 3 N–H and O–H groups in total. The molecule has 7 heteroatoms. The molecule has 0 saturated heterocycles. The normalized spacial score (nSPS) is 11.7. The molecule has 3 rings (SSSR count). The molecule has 31 heavy (non-hydrogen) atoms. The zero-order valence-corrected chi connectivity index (χ0v) is 17.8. The van der Waals surface area contributed by atoms with Crippen molar-refractivity contribution >= 4 is 17.6 Å². The summed E-state index contributed by atoms with van der Waals surface area (Å²) in [6.45, 7) is 1.13. The third-order valence-electron chi connectivity index (χ3n) is 4.66. The van der Waals surface area contributed by atoms with E-state index in [1.807, 2.05) is 44.4 Å². The van der Waals surface area contributed by atoms with Gasteiger partial charge in [0, 0.05) is 24.8 Å². The SMILES string of the molecule is CN(C)CC(Cc1ccccc1)NC(=O)NCc1ccc(NC(=O)c2ccco2)cc1. The van der Waals surface area contributed by atoms with Crippen molar-refractivity contribution in [3.63, 3.8) is 0 Å². The zero-order valence-electron chi connectivity index (χ0n) is 17.8. The number of likely N-dealkylation sites (N-methyl/N-ethyl adjacent to an activating group) is 1. The lowest BCUT2D eigenvalue weighted by molar-refractivity contribution is 0.0996. The molecule has 162 valence electrons. The van der Waals surface area contributed by atoms with Gasteiger partial charge in [0.1, 0.15) is 0 Å². The van der Waals surface area contributed by atoms with E-state index >= 15 is 0 Å². The van der Waals surface area contributed by atoms with Crippen LogP contribution < -0.4 is 16.0 Å². The summed E-state index contributed by atoms with van der Waals surface area (Å²) in [4.78, 5) is 26.5. The van der Waals surface area contributed by atoms with Crippen LogP contribution in [0.25, 0.3) is 0 Å². The molecule has 1 unspecified atom stereocenters. The highest BCUT2D eigenvalue weighted by Gasteiger charge is 2.14. The zero-order chi connectivity index (χ0) is 22.1. The van der Waals surface area contributed by atoms with E-state index in [2.05, 4.69) is 33.0 Å². The van der Waals surface area contributed by atoms with Gasteiger partial charge in [-0.2, -0.15) is 0 Å². The van der Waals surface area contributed by atoms with Crippen LogP contribution in [-0.4, -0.2) is 43.5 Å². The average molecular weight is 421 g/mol. The van der Waals surface area contributed by atoms with Gasteiger partial charge in [0.25, 0.3) is 5.91 Å². The minimum absolute atomic E-state index is 0.00316. The van der Waals surface area contributed by atoms with Crippen molar-refractivity contribution in [3.05, 3.63) is 89.9 Å². The summed E-state index contributed by atoms with van der Waals surface area (Å²) in [7, 11) is 3.98. The van der Waals surface area contributed by atoms with Gasteiger partial charge in [-0.3, -0.25) is 4.79 Å². The molecule has 0 saturated carbocycles. The van der Waals surface area contributed by atoms with E-state index in [0.717, 1.165) is 18.5 Å². The quantitative estimate of drug-likeness (QED) is 0.495. The van der Waals surface area contributed by atoms with E-state index in [4.69, 9.17) is 4.42 Å². The average Bonchev–Trinajstić information content (AvgIpc) is 3.29. The fourth-order valence-electron chi connectivity index (χ4n) is 3.23. The van der Waals surface area contributed by atoms with Crippen molar-refractivity contribution in [1.29, 1.82) is 0 Å². The van der Waals surface area contributed by atoms with Crippen molar-refractivity contribution in [3.8, 4) is 0 Å². The molecule has 0 aliphatic rings. The highest BCUT2D eigenvalue weighted by Crippen LogP contribution is 2.12. The lowest BCUT2D eigenvalue weighted by Crippen LogP contribution is -2.47. The Bertz CT molecular complexity index is 954. The summed E-state index contributed by atoms with van der Waals surface area (Å²) in [5, 5.41) is 8.73. The molecule has 1 atom stereocenters. The van der Waals surface area contributed by atoms with Crippen molar-refractivity contribution in [1.82, 2.24) is 15.5 Å². The maximum atomic E-state index is 12.4. The third-order valence-corrected chi connectivity index (χ3v) is 4.66. The summed E-state index contributed by atoms with van der Waals surface area (Å²) < 4.78 is 5.08. The minimum Gasteiger partial charge on any atom is -0.459 e. The molecule has 0 bridgehead atoms. The first-order valence-electron chi connectivity index (χ1n) is 10.2. The van der Waals surface area contributed by atoms with Crippen LogP contribution in [0.1, 0.15) is 21.7 Å². The molecule has 0 radical (unpaired) electrons. The van der Waals surface area contributed by atoms with Crippen LogP contribution in [0.5, 0.6) is 0 Å². The second-order valence-corrected chi connectivity index (χ2v) is 7.60. The third kappa shape index (κ3) is 7.31.